The van der Waals surface area contributed by atoms with Crippen molar-refractivity contribution in [3.63, 3.8) is 0 Å². The largest absolute Gasteiger partial charge is 0.507 e. The normalized spacial score (nSPS) is 10.6. The molecule has 3 rings (SSSR count). The van der Waals surface area contributed by atoms with Gasteiger partial charge >= 0.3 is 11.8 Å². The quantitative estimate of drug-likeness (QED) is 0.255. The molecule has 0 unspecified atom stereocenters. The molecule has 0 fully saturated rings. The molecule has 0 spiro atoms. The van der Waals surface area contributed by atoms with Crippen molar-refractivity contribution in [2.24, 2.45) is 5.10 Å². The predicted molar refractivity (Wildman–Crippen MR) is 123 cm³/mol. The van der Waals surface area contributed by atoms with Gasteiger partial charge in [0.1, 0.15) is 5.75 Å². The van der Waals surface area contributed by atoms with Gasteiger partial charge < -0.3 is 15.7 Å². The molecule has 3 aromatic carbocycles. The van der Waals surface area contributed by atoms with Crippen LogP contribution in [-0.4, -0.2) is 29.0 Å². The van der Waals surface area contributed by atoms with Crippen LogP contribution < -0.4 is 16.1 Å². The molecule has 0 bridgehead atoms. The summed E-state index contributed by atoms with van der Waals surface area (Å²) < 4.78 is 0. The van der Waals surface area contributed by atoms with E-state index in [1.165, 1.54) is 30.3 Å². The first kappa shape index (κ1) is 22.8. The van der Waals surface area contributed by atoms with Crippen LogP contribution in [0.15, 0.2) is 71.8 Å². The van der Waals surface area contributed by atoms with Gasteiger partial charge in [-0.1, -0.05) is 35.3 Å². The zero-order valence-electron chi connectivity index (χ0n) is 16.3. The molecule has 0 aromatic heterocycles. The second-order valence-corrected chi connectivity index (χ2v) is 7.24. The van der Waals surface area contributed by atoms with Crippen molar-refractivity contribution < 1.29 is 19.5 Å². The number of hydrogen-bond acceptors (Lipinski definition) is 5. The highest BCUT2D eigenvalue weighted by atomic mass is 35.5. The number of rotatable bonds is 5. The number of halogens is 2. The summed E-state index contributed by atoms with van der Waals surface area (Å²) in [5.74, 6) is -2.70. The van der Waals surface area contributed by atoms with Gasteiger partial charge in [0.2, 0.25) is 0 Å². The lowest BCUT2D eigenvalue weighted by atomic mass is 10.1. The molecular formula is C22H16Cl2N4O4. The van der Waals surface area contributed by atoms with E-state index in [0.717, 1.165) is 6.21 Å². The number of nitrogens with one attached hydrogen (secondary N) is 3. The standard InChI is InChI=1S/C22H16Cl2N4O4/c23-14-5-8-16(9-6-14)26-20(30)17-3-1-2-4-18(17)27-21(31)22(32)28-25-12-13-11-15(24)7-10-19(13)29/h1-12,29H,(H,26,30)(H,27,31)(H,28,32)/b25-12+. The summed E-state index contributed by atoms with van der Waals surface area (Å²) in [7, 11) is 0. The van der Waals surface area contributed by atoms with E-state index < -0.39 is 17.7 Å². The molecule has 32 heavy (non-hydrogen) atoms. The monoisotopic (exact) mass is 470 g/mol. The van der Waals surface area contributed by atoms with Gasteiger partial charge in [-0.15, -0.1) is 0 Å². The molecule has 8 nitrogen and oxygen atoms in total. The van der Waals surface area contributed by atoms with Gasteiger partial charge in [-0.2, -0.15) is 5.10 Å². The minimum absolute atomic E-state index is 0.0996. The summed E-state index contributed by atoms with van der Waals surface area (Å²) in [6.07, 6.45) is 1.14. The molecule has 0 saturated carbocycles. The molecule has 3 aromatic rings. The molecular weight excluding hydrogens is 455 g/mol. The Morgan fingerprint density at radius 2 is 1.53 bits per heavy atom. The first-order chi connectivity index (χ1) is 15.3. The van der Waals surface area contributed by atoms with Crippen LogP contribution in [0.25, 0.3) is 0 Å². The lowest BCUT2D eigenvalue weighted by Gasteiger charge is -2.11. The van der Waals surface area contributed by atoms with Crippen LogP contribution in [-0.2, 0) is 9.59 Å². The second kappa shape index (κ2) is 10.4. The zero-order valence-corrected chi connectivity index (χ0v) is 17.8. The van der Waals surface area contributed by atoms with Crippen molar-refractivity contribution in [2.75, 3.05) is 10.6 Å². The number of carbonyl (C=O) groups excluding carboxylic acids is 3. The van der Waals surface area contributed by atoms with E-state index in [-0.39, 0.29) is 22.6 Å². The number of benzene rings is 3. The highest BCUT2D eigenvalue weighted by Gasteiger charge is 2.18. The van der Waals surface area contributed by atoms with E-state index in [4.69, 9.17) is 23.2 Å². The van der Waals surface area contributed by atoms with Crippen LogP contribution in [0.1, 0.15) is 15.9 Å². The number of amides is 3. The summed E-state index contributed by atoms with van der Waals surface area (Å²) in [6, 6.07) is 17.0. The van der Waals surface area contributed by atoms with Gasteiger partial charge in [0.15, 0.2) is 0 Å². The number of nitrogens with zero attached hydrogens (tertiary/aromatic N) is 1. The summed E-state index contributed by atoms with van der Waals surface area (Å²) in [4.78, 5) is 36.9. The molecule has 0 aliphatic carbocycles. The Morgan fingerprint density at radius 1 is 0.844 bits per heavy atom. The number of anilines is 2. The van der Waals surface area contributed by atoms with Gasteiger partial charge in [-0.25, -0.2) is 5.43 Å². The minimum Gasteiger partial charge on any atom is -0.507 e. The van der Waals surface area contributed by atoms with E-state index in [2.05, 4.69) is 15.7 Å². The lowest BCUT2D eigenvalue weighted by molar-refractivity contribution is -0.136. The molecule has 0 atom stereocenters. The van der Waals surface area contributed by atoms with Crippen molar-refractivity contribution in [1.29, 1.82) is 0 Å². The number of hydrogen-bond donors (Lipinski definition) is 4. The Bertz CT molecular complexity index is 1200. The van der Waals surface area contributed by atoms with E-state index in [1.54, 1.807) is 36.4 Å². The van der Waals surface area contributed by atoms with Gasteiger partial charge in [0, 0.05) is 21.3 Å². The van der Waals surface area contributed by atoms with Crippen LogP contribution in [0.3, 0.4) is 0 Å². The van der Waals surface area contributed by atoms with Crippen LogP contribution in [0.4, 0.5) is 11.4 Å². The number of para-hydroxylation sites is 1. The lowest BCUT2D eigenvalue weighted by Crippen LogP contribution is -2.33. The molecule has 10 heteroatoms. The Balaban J connectivity index is 1.65. The fraction of sp³-hybridized carbons (Fsp3) is 0. The zero-order chi connectivity index (χ0) is 23.1. The van der Waals surface area contributed by atoms with Crippen molar-refractivity contribution in [3.8, 4) is 5.75 Å². The molecule has 3 amide bonds. The van der Waals surface area contributed by atoms with E-state index in [1.807, 2.05) is 5.43 Å². The molecule has 4 N–H and O–H groups in total. The Labute approximate surface area is 192 Å². The first-order valence-corrected chi connectivity index (χ1v) is 9.88. The van der Waals surface area contributed by atoms with E-state index in [0.29, 0.717) is 15.7 Å². The highest BCUT2D eigenvalue weighted by molar-refractivity contribution is 6.40. The second-order valence-electron chi connectivity index (χ2n) is 6.36. The van der Waals surface area contributed by atoms with Crippen molar-refractivity contribution in [2.45, 2.75) is 0 Å². The van der Waals surface area contributed by atoms with Crippen molar-refractivity contribution in [3.05, 3.63) is 87.9 Å². The number of hydrazone groups is 1. The van der Waals surface area contributed by atoms with Crippen LogP contribution in [0.2, 0.25) is 10.0 Å². The van der Waals surface area contributed by atoms with Gasteiger partial charge in [0.05, 0.1) is 17.5 Å². The maximum absolute atomic E-state index is 12.6. The molecule has 162 valence electrons. The summed E-state index contributed by atoms with van der Waals surface area (Å²) >= 11 is 11.7. The van der Waals surface area contributed by atoms with Gasteiger partial charge in [-0.05, 0) is 54.6 Å². The highest BCUT2D eigenvalue weighted by Crippen LogP contribution is 2.20. The molecule has 0 radical (unpaired) electrons. The number of phenolic OH excluding ortho intramolecular Hbond substituents is 1. The summed E-state index contributed by atoms with van der Waals surface area (Å²) in [6.45, 7) is 0. The fourth-order valence-corrected chi connectivity index (χ4v) is 2.85. The van der Waals surface area contributed by atoms with Crippen LogP contribution >= 0.6 is 23.2 Å². The average Bonchev–Trinajstić information content (AvgIpc) is 2.78. The molecule has 0 heterocycles. The molecule has 0 saturated heterocycles. The Morgan fingerprint density at radius 3 is 2.28 bits per heavy atom. The Kier molecular flexibility index (Phi) is 7.43. The smallest absolute Gasteiger partial charge is 0.329 e. The first-order valence-electron chi connectivity index (χ1n) is 9.12. The average molecular weight is 471 g/mol. The van der Waals surface area contributed by atoms with Crippen molar-refractivity contribution in [1.82, 2.24) is 5.43 Å². The van der Waals surface area contributed by atoms with E-state index >= 15 is 0 Å². The third kappa shape index (κ3) is 6.07. The maximum Gasteiger partial charge on any atom is 0.329 e. The number of aromatic hydroxyl groups is 1. The fourth-order valence-electron chi connectivity index (χ4n) is 2.54. The van der Waals surface area contributed by atoms with E-state index in [9.17, 15) is 19.5 Å². The topological polar surface area (TPSA) is 120 Å². The SMILES string of the molecule is O=C(N/N=C/c1cc(Cl)ccc1O)C(=O)Nc1ccccc1C(=O)Nc1ccc(Cl)cc1. The number of carbonyl (C=O) groups is 3. The summed E-state index contributed by atoms with van der Waals surface area (Å²) in [5, 5.41) is 19.3. The summed E-state index contributed by atoms with van der Waals surface area (Å²) in [5.41, 5.74) is 3.09. The Hall–Kier alpha value is -3.88. The van der Waals surface area contributed by atoms with Crippen LogP contribution in [0, 0.1) is 0 Å². The van der Waals surface area contributed by atoms with Gasteiger partial charge in [-0.3, -0.25) is 14.4 Å². The third-order valence-electron chi connectivity index (χ3n) is 4.09. The molecule has 0 aliphatic rings. The predicted octanol–water partition coefficient (Wildman–Crippen LogP) is 4.04. The van der Waals surface area contributed by atoms with Gasteiger partial charge in [0.25, 0.3) is 5.91 Å². The van der Waals surface area contributed by atoms with Crippen molar-refractivity contribution >= 4 is 58.5 Å². The number of phenols is 1. The third-order valence-corrected chi connectivity index (χ3v) is 4.57. The minimum atomic E-state index is -1.07. The maximum atomic E-state index is 12.6. The molecule has 0 aliphatic heterocycles. The van der Waals surface area contributed by atoms with Crippen LogP contribution in [0.5, 0.6) is 5.75 Å².